The van der Waals surface area contributed by atoms with E-state index < -0.39 is 10.8 Å². The molecule has 0 unspecified atom stereocenters. The maximum atomic E-state index is 11.1. The Hall–Kier alpha value is -2.90. The molecule has 20 heavy (non-hydrogen) atoms. The Morgan fingerprint density at radius 2 is 2.25 bits per heavy atom. The number of nitro benzene ring substituents is 1. The number of hydrogen-bond acceptors (Lipinski definition) is 5. The summed E-state index contributed by atoms with van der Waals surface area (Å²) in [5.74, 6) is -0.636. The zero-order valence-corrected chi connectivity index (χ0v) is 10.7. The molecular formula is C12H13N5O3. The lowest BCUT2D eigenvalue weighted by atomic mass is 10.1. The van der Waals surface area contributed by atoms with Crippen LogP contribution < -0.4 is 11.1 Å². The van der Waals surface area contributed by atoms with Crippen LogP contribution in [-0.4, -0.2) is 20.6 Å². The zero-order valence-electron chi connectivity index (χ0n) is 10.7. The van der Waals surface area contributed by atoms with Crippen molar-refractivity contribution in [3.8, 4) is 0 Å². The molecule has 0 saturated carbocycles. The summed E-state index contributed by atoms with van der Waals surface area (Å²) in [5, 5.41) is 17.9. The van der Waals surface area contributed by atoms with Crippen LogP contribution in [0.1, 0.15) is 16.1 Å². The van der Waals surface area contributed by atoms with E-state index in [1.807, 2.05) is 0 Å². The minimum atomic E-state index is -0.636. The maximum Gasteiger partial charge on any atom is 0.292 e. The molecule has 3 N–H and O–H groups in total. The number of nitrogens with zero attached hydrogens (tertiary/aromatic N) is 3. The smallest absolute Gasteiger partial charge is 0.292 e. The average Bonchev–Trinajstić information content (AvgIpc) is 2.81. The van der Waals surface area contributed by atoms with E-state index >= 15 is 0 Å². The van der Waals surface area contributed by atoms with Crippen molar-refractivity contribution in [3.63, 3.8) is 0 Å². The molecule has 1 aromatic heterocycles. The van der Waals surface area contributed by atoms with E-state index in [0.717, 1.165) is 5.69 Å². The van der Waals surface area contributed by atoms with Crippen molar-refractivity contribution in [2.75, 3.05) is 5.32 Å². The van der Waals surface area contributed by atoms with Crippen LogP contribution >= 0.6 is 0 Å². The number of aromatic nitrogens is 2. The molecule has 1 amide bonds. The molecule has 0 fully saturated rings. The van der Waals surface area contributed by atoms with Crippen LogP contribution in [0.15, 0.2) is 30.5 Å². The van der Waals surface area contributed by atoms with Gasteiger partial charge in [0.25, 0.3) is 5.69 Å². The van der Waals surface area contributed by atoms with Crippen molar-refractivity contribution in [2.45, 2.75) is 6.54 Å². The molecule has 8 heteroatoms. The van der Waals surface area contributed by atoms with E-state index in [1.54, 1.807) is 24.0 Å². The SMILES string of the molecule is Cn1nccc1CNc1cc(C(N)=O)ccc1[N+](=O)[O-]. The minimum absolute atomic E-state index is 0.114. The summed E-state index contributed by atoms with van der Waals surface area (Å²) >= 11 is 0. The predicted octanol–water partition coefficient (Wildman–Crippen LogP) is 1.04. The fourth-order valence-corrected chi connectivity index (χ4v) is 1.75. The highest BCUT2D eigenvalue weighted by Crippen LogP contribution is 2.25. The van der Waals surface area contributed by atoms with Crippen LogP contribution in [0.25, 0.3) is 0 Å². The van der Waals surface area contributed by atoms with E-state index in [2.05, 4.69) is 10.4 Å². The van der Waals surface area contributed by atoms with Gasteiger partial charge in [-0.1, -0.05) is 0 Å². The molecular weight excluding hydrogens is 262 g/mol. The summed E-state index contributed by atoms with van der Waals surface area (Å²) in [4.78, 5) is 21.6. The van der Waals surface area contributed by atoms with Gasteiger partial charge in [-0.15, -0.1) is 0 Å². The Morgan fingerprint density at radius 1 is 1.50 bits per heavy atom. The first-order valence-electron chi connectivity index (χ1n) is 5.78. The molecule has 0 atom stereocenters. The van der Waals surface area contributed by atoms with E-state index in [9.17, 15) is 14.9 Å². The topological polar surface area (TPSA) is 116 Å². The predicted molar refractivity (Wildman–Crippen MR) is 72.1 cm³/mol. The second kappa shape index (κ2) is 5.39. The quantitative estimate of drug-likeness (QED) is 0.624. The third-order valence-electron chi connectivity index (χ3n) is 2.86. The van der Waals surface area contributed by atoms with Gasteiger partial charge in [-0.3, -0.25) is 19.6 Å². The van der Waals surface area contributed by atoms with Crippen LogP contribution in [-0.2, 0) is 13.6 Å². The number of amides is 1. The van der Waals surface area contributed by atoms with Gasteiger partial charge < -0.3 is 11.1 Å². The van der Waals surface area contributed by atoms with E-state index in [-0.39, 0.29) is 16.9 Å². The number of nitro groups is 1. The van der Waals surface area contributed by atoms with E-state index in [4.69, 9.17) is 5.73 Å². The van der Waals surface area contributed by atoms with Crippen LogP contribution in [0.5, 0.6) is 0 Å². The van der Waals surface area contributed by atoms with Gasteiger partial charge in [-0.2, -0.15) is 5.10 Å². The molecule has 0 aliphatic carbocycles. The summed E-state index contributed by atoms with van der Waals surface area (Å²) in [7, 11) is 1.77. The number of anilines is 1. The van der Waals surface area contributed by atoms with Gasteiger partial charge in [0.05, 0.1) is 17.2 Å². The molecule has 0 aliphatic heterocycles. The third kappa shape index (κ3) is 2.74. The monoisotopic (exact) mass is 275 g/mol. The fourth-order valence-electron chi connectivity index (χ4n) is 1.75. The number of rotatable bonds is 5. The molecule has 0 saturated heterocycles. The fraction of sp³-hybridized carbons (Fsp3) is 0.167. The molecule has 0 spiro atoms. The lowest BCUT2D eigenvalue weighted by Gasteiger charge is -2.08. The van der Waals surface area contributed by atoms with Gasteiger partial charge in [0.15, 0.2) is 0 Å². The van der Waals surface area contributed by atoms with Crippen molar-refractivity contribution < 1.29 is 9.72 Å². The number of hydrogen-bond donors (Lipinski definition) is 2. The van der Waals surface area contributed by atoms with Crippen molar-refractivity contribution in [2.24, 2.45) is 12.8 Å². The molecule has 1 aromatic carbocycles. The Kier molecular flexibility index (Phi) is 3.65. The first-order chi connectivity index (χ1) is 9.49. The minimum Gasteiger partial charge on any atom is -0.374 e. The lowest BCUT2D eigenvalue weighted by molar-refractivity contribution is -0.384. The van der Waals surface area contributed by atoms with Gasteiger partial charge in [0.2, 0.25) is 5.91 Å². The van der Waals surface area contributed by atoms with Crippen molar-refractivity contribution in [1.29, 1.82) is 0 Å². The average molecular weight is 275 g/mol. The molecule has 0 radical (unpaired) electrons. The molecule has 1 heterocycles. The molecule has 8 nitrogen and oxygen atoms in total. The van der Waals surface area contributed by atoms with Gasteiger partial charge in [0, 0.05) is 24.9 Å². The second-order valence-corrected chi connectivity index (χ2v) is 4.15. The Morgan fingerprint density at radius 3 is 2.80 bits per heavy atom. The number of aryl methyl sites for hydroxylation is 1. The number of carbonyl (C=O) groups is 1. The highest BCUT2D eigenvalue weighted by molar-refractivity contribution is 5.94. The third-order valence-corrected chi connectivity index (χ3v) is 2.86. The molecule has 2 aromatic rings. The molecule has 2 rings (SSSR count). The Balaban J connectivity index is 2.28. The number of carbonyl (C=O) groups excluding carboxylic acids is 1. The summed E-state index contributed by atoms with van der Waals surface area (Å²) in [6.45, 7) is 0.347. The number of nitrogens with two attached hydrogens (primary N) is 1. The van der Waals surface area contributed by atoms with Gasteiger partial charge in [0.1, 0.15) is 5.69 Å². The molecule has 104 valence electrons. The summed E-state index contributed by atoms with van der Waals surface area (Å²) in [6.07, 6.45) is 1.63. The van der Waals surface area contributed by atoms with Gasteiger partial charge in [-0.25, -0.2) is 0 Å². The number of primary amides is 1. The standard InChI is InChI=1S/C12H13N5O3/c1-16-9(4-5-15-16)7-14-10-6-8(12(13)18)2-3-11(10)17(19)20/h2-6,14H,7H2,1H3,(H2,13,18). The first kappa shape index (κ1) is 13.5. The van der Waals surface area contributed by atoms with Crippen LogP contribution in [0.2, 0.25) is 0 Å². The summed E-state index contributed by atoms with van der Waals surface area (Å²) in [6, 6.07) is 5.75. The Bertz CT molecular complexity index is 665. The largest absolute Gasteiger partial charge is 0.374 e. The lowest BCUT2D eigenvalue weighted by Crippen LogP contribution is -2.12. The van der Waals surface area contributed by atoms with Crippen LogP contribution in [0, 0.1) is 10.1 Å². The Labute approximate surface area is 114 Å². The van der Waals surface area contributed by atoms with Crippen molar-refractivity contribution in [1.82, 2.24) is 9.78 Å². The van der Waals surface area contributed by atoms with Crippen molar-refractivity contribution >= 4 is 17.3 Å². The number of nitrogens with one attached hydrogen (secondary N) is 1. The second-order valence-electron chi connectivity index (χ2n) is 4.15. The molecule has 0 aliphatic rings. The highest BCUT2D eigenvalue weighted by Gasteiger charge is 2.16. The zero-order chi connectivity index (χ0) is 14.7. The maximum absolute atomic E-state index is 11.1. The summed E-state index contributed by atoms with van der Waals surface area (Å²) in [5.41, 5.74) is 6.36. The van der Waals surface area contributed by atoms with Gasteiger partial charge in [-0.05, 0) is 18.2 Å². The van der Waals surface area contributed by atoms with Crippen molar-refractivity contribution in [3.05, 3.63) is 51.8 Å². The van der Waals surface area contributed by atoms with Crippen LogP contribution in [0.3, 0.4) is 0 Å². The van der Waals surface area contributed by atoms with Crippen LogP contribution in [0.4, 0.5) is 11.4 Å². The van der Waals surface area contributed by atoms with E-state index in [1.165, 1.54) is 18.2 Å². The normalized spacial score (nSPS) is 10.2. The first-order valence-corrected chi connectivity index (χ1v) is 5.78. The van der Waals surface area contributed by atoms with E-state index in [0.29, 0.717) is 6.54 Å². The number of benzene rings is 1. The molecule has 0 bridgehead atoms. The van der Waals surface area contributed by atoms with Gasteiger partial charge >= 0.3 is 0 Å². The highest BCUT2D eigenvalue weighted by atomic mass is 16.6. The summed E-state index contributed by atoms with van der Waals surface area (Å²) < 4.78 is 1.65.